The number of benzene rings is 3. The van der Waals surface area contributed by atoms with E-state index in [1.807, 2.05) is 42.5 Å². The van der Waals surface area contributed by atoms with Crippen molar-refractivity contribution >= 4 is 33.4 Å². The lowest BCUT2D eigenvalue weighted by atomic mass is 9.89. The Morgan fingerprint density at radius 2 is 1.72 bits per heavy atom. The molecular weight excluding hydrogens is 316 g/mol. The van der Waals surface area contributed by atoms with Crippen LogP contribution < -0.4 is 5.32 Å². The summed E-state index contributed by atoms with van der Waals surface area (Å²) in [5.41, 5.74) is 1.17. The number of hydrogen-bond acceptors (Lipinski definition) is 4. The molecule has 25 heavy (non-hydrogen) atoms. The van der Waals surface area contributed by atoms with Gasteiger partial charge in [0.1, 0.15) is 0 Å². The summed E-state index contributed by atoms with van der Waals surface area (Å²) in [5, 5.41) is 15.4. The summed E-state index contributed by atoms with van der Waals surface area (Å²) in [6.07, 6.45) is 0. The average Bonchev–Trinajstić information content (AvgIpc) is 2.64. The van der Waals surface area contributed by atoms with Gasteiger partial charge in [-0.25, -0.2) is 0 Å². The summed E-state index contributed by atoms with van der Waals surface area (Å²) < 4.78 is 0. The maximum Gasteiger partial charge on any atom is 0.262 e. The molecule has 0 saturated carbocycles. The summed E-state index contributed by atoms with van der Waals surface area (Å²) >= 11 is 0. The number of amides is 2. The number of aliphatic hydroxyl groups is 1. The molecule has 0 saturated heterocycles. The molecule has 3 aromatic carbocycles. The standard InChI is InChI=1S/C20H18N2O3/c23-11-9-21-8-10-22-19(24)16-7-3-5-14-12-13-4-1-2-6-15(13)18(17(14)16)20(22)25/h1-7,12,21,23H,8-11H2. The van der Waals surface area contributed by atoms with Crippen LogP contribution in [0.1, 0.15) is 20.7 Å². The van der Waals surface area contributed by atoms with Crippen LogP contribution in [-0.2, 0) is 0 Å². The van der Waals surface area contributed by atoms with Crippen LogP contribution in [-0.4, -0.2) is 48.1 Å². The van der Waals surface area contributed by atoms with Crippen LogP contribution in [0.2, 0.25) is 0 Å². The maximum atomic E-state index is 13.1. The zero-order valence-electron chi connectivity index (χ0n) is 13.7. The number of aliphatic hydroxyl groups excluding tert-OH is 1. The summed E-state index contributed by atoms with van der Waals surface area (Å²) in [7, 11) is 0. The van der Waals surface area contributed by atoms with E-state index in [9.17, 15) is 9.59 Å². The topological polar surface area (TPSA) is 69.6 Å². The zero-order chi connectivity index (χ0) is 17.4. The van der Waals surface area contributed by atoms with Gasteiger partial charge in [-0.3, -0.25) is 14.5 Å². The van der Waals surface area contributed by atoms with Crippen LogP contribution in [0.5, 0.6) is 0 Å². The molecule has 126 valence electrons. The monoisotopic (exact) mass is 334 g/mol. The highest BCUT2D eigenvalue weighted by Gasteiger charge is 2.33. The summed E-state index contributed by atoms with van der Waals surface area (Å²) in [5.74, 6) is -0.513. The molecule has 1 aliphatic heterocycles. The summed E-state index contributed by atoms with van der Waals surface area (Å²) in [6.45, 7) is 1.19. The molecule has 5 heteroatoms. The predicted octanol–water partition coefficient (Wildman–Crippen LogP) is 2.17. The molecule has 5 nitrogen and oxygen atoms in total. The van der Waals surface area contributed by atoms with Crippen molar-refractivity contribution in [2.75, 3.05) is 26.2 Å². The van der Waals surface area contributed by atoms with E-state index in [4.69, 9.17) is 5.11 Å². The Morgan fingerprint density at radius 1 is 0.920 bits per heavy atom. The SMILES string of the molecule is O=C1c2cccc3cc4ccccc4c(c23)C(=O)N1CCNCCO. The van der Waals surface area contributed by atoms with Gasteiger partial charge in [0.2, 0.25) is 0 Å². The van der Waals surface area contributed by atoms with Crippen LogP contribution in [0.3, 0.4) is 0 Å². The Hall–Kier alpha value is -2.76. The quantitative estimate of drug-likeness (QED) is 0.426. The second kappa shape index (κ2) is 6.27. The van der Waals surface area contributed by atoms with Crippen LogP contribution in [0, 0.1) is 0 Å². The Kier molecular flexibility index (Phi) is 3.95. The van der Waals surface area contributed by atoms with Gasteiger partial charge < -0.3 is 10.4 Å². The van der Waals surface area contributed by atoms with E-state index in [2.05, 4.69) is 5.32 Å². The van der Waals surface area contributed by atoms with E-state index in [-0.39, 0.29) is 25.0 Å². The molecule has 1 aliphatic rings. The van der Waals surface area contributed by atoms with Crippen LogP contribution in [0.15, 0.2) is 48.5 Å². The normalized spacial score (nSPS) is 13.9. The van der Waals surface area contributed by atoms with E-state index >= 15 is 0 Å². The minimum absolute atomic E-state index is 0.0225. The van der Waals surface area contributed by atoms with Crippen molar-refractivity contribution in [1.82, 2.24) is 10.2 Å². The van der Waals surface area contributed by atoms with Gasteiger partial charge in [0.15, 0.2) is 0 Å². The van der Waals surface area contributed by atoms with Crippen molar-refractivity contribution in [3.8, 4) is 0 Å². The van der Waals surface area contributed by atoms with E-state index in [0.29, 0.717) is 24.2 Å². The predicted molar refractivity (Wildman–Crippen MR) is 96.8 cm³/mol. The lowest BCUT2D eigenvalue weighted by molar-refractivity contribution is 0.0613. The highest BCUT2D eigenvalue weighted by molar-refractivity contribution is 6.30. The second-order valence-electron chi connectivity index (χ2n) is 6.11. The van der Waals surface area contributed by atoms with Gasteiger partial charge in [0.25, 0.3) is 11.8 Å². The van der Waals surface area contributed by atoms with E-state index in [1.165, 1.54) is 4.90 Å². The van der Waals surface area contributed by atoms with Crippen molar-refractivity contribution < 1.29 is 14.7 Å². The molecule has 2 N–H and O–H groups in total. The molecule has 0 spiro atoms. The van der Waals surface area contributed by atoms with Crippen molar-refractivity contribution in [3.05, 3.63) is 59.7 Å². The van der Waals surface area contributed by atoms with Gasteiger partial charge in [0.05, 0.1) is 12.2 Å². The molecule has 0 aliphatic carbocycles. The number of imide groups is 1. The van der Waals surface area contributed by atoms with Crippen LogP contribution >= 0.6 is 0 Å². The van der Waals surface area contributed by atoms with E-state index < -0.39 is 0 Å². The van der Waals surface area contributed by atoms with Crippen LogP contribution in [0.4, 0.5) is 0 Å². The minimum Gasteiger partial charge on any atom is -0.395 e. The minimum atomic E-state index is -0.260. The van der Waals surface area contributed by atoms with Crippen molar-refractivity contribution in [2.24, 2.45) is 0 Å². The lowest BCUT2D eigenvalue weighted by Gasteiger charge is -2.28. The zero-order valence-corrected chi connectivity index (χ0v) is 13.7. The largest absolute Gasteiger partial charge is 0.395 e. The smallest absolute Gasteiger partial charge is 0.262 e. The Bertz CT molecular complexity index is 997. The number of nitrogens with zero attached hydrogens (tertiary/aromatic N) is 1. The van der Waals surface area contributed by atoms with Gasteiger partial charge in [0, 0.05) is 30.6 Å². The van der Waals surface area contributed by atoms with E-state index in [1.54, 1.807) is 6.07 Å². The molecule has 2 amide bonds. The van der Waals surface area contributed by atoms with Gasteiger partial charge in [-0.05, 0) is 28.3 Å². The van der Waals surface area contributed by atoms with E-state index in [0.717, 1.165) is 21.5 Å². The third-order valence-corrected chi connectivity index (χ3v) is 4.62. The van der Waals surface area contributed by atoms with Gasteiger partial charge in [-0.2, -0.15) is 0 Å². The van der Waals surface area contributed by atoms with Crippen molar-refractivity contribution in [2.45, 2.75) is 0 Å². The molecule has 1 heterocycles. The number of hydrogen-bond donors (Lipinski definition) is 2. The molecule has 0 unspecified atom stereocenters. The number of carbonyl (C=O) groups is 2. The number of nitrogens with one attached hydrogen (secondary N) is 1. The first kappa shape index (κ1) is 15.7. The molecule has 0 radical (unpaired) electrons. The molecule has 0 fully saturated rings. The average molecular weight is 334 g/mol. The fraction of sp³-hybridized carbons (Fsp3) is 0.200. The van der Waals surface area contributed by atoms with Gasteiger partial charge >= 0.3 is 0 Å². The van der Waals surface area contributed by atoms with Gasteiger partial charge in [-0.15, -0.1) is 0 Å². The Labute approximate surface area is 144 Å². The first-order valence-electron chi connectivity index (χ1n) is 8.34. The Balaban J connectivity index is 1.88. The second-order valence-corrected chi connectivity index (χ2v) is 6.11. The molecule has 3 aromatic rings. The first-order valence-corrected chi connectivity index (χ1v) is 8.34. The maximum absolute atomic E-state index is 13.1. The summed E-state index contributed by atoms with van der Waals surface area (Å²) in [4.78, 5) is 27.3. The van der Waals surface area contributed by atoms with Crippen LogP contribution in [0.25, 0.3) is 21.5 Å². The third-order valence-electron chi connectivity index (χ3n) is 4.62. The highest BCUT2D eigenvalue weighted by Crippen LogP contribution is 2.35. The molecule has 0 aromatic heterocycles. The van der Waals surface area contributed by atoms with Crippen molar-refractivity contribution in [3.63, 3.8) is 0 Å². The fourth-order valence-electron chi connectivity index (χ4n) is 3.49. The molecular formula is C20H18N2O3. The number of fused-ring (bicyclic) bond motifs is 2. The van der Waals surface area contributed by atoms with Crippen molar-refractivity contribution in [1.29, 1.82) is 0 Å². The molecule has 4 rings (SSSR count). The summed E-state index contributed by atoms with van der Waals surface area (Å²) in [6, 6.07) is 15.4. The van der Waals surface area contributed by atoms with Gasteiger partial charge in [-0.1, -0.05) is 36.4 Å². The first-order chi connectivity index (χ1) is 12.2. The third kappa shape index (κ3) is 2.49. The fourth-order valence-corrected chi connectivity index (χ4v) is 3.49. The lowest BCUT2D eigenvalue weighted by Crippen LogP contribution is -2.44. The molecule has 0 atom stereocenters. The molecule has 0 bridgehead atoms. The highest BCUT2D eigenvalue weighted by atomic mass is 16.3. The number of carbonyl (C=O) groups excluding carboxylic acids is 2. The Morgan fingerprint density at radius 3 is 2.56 bits per heavy atom. The number of rotatable bonds is 5.